The molecule has 1 aromatic carbocycles. The number of rotatable bonds is 3. The van der Waals surface area contributed by atoms with Gasteiger partial charge >= 0.3 is 0 Å². The lowest BCUT2D eigenvalue weighted by Gasteiger charge is -2.10. The zero-order valence-electron chi connectivity index (χ0n) is 9.12. The third-order valence-corrected chi connectivity index (χ3v) is 4.36. The van der Waals surface area contributed by atoms with Crippen molar-refractivity contribution in [2.75, 3.05) is 10.5 Å². The molecular formula is C9H7Cl3N4O2S. The summed E-state index contributed by atoms with van der Waals surface area (Å²) in [6.07, 6.45) is 1.08. The number of H-pyrrole nitrogens is 1. The highest BCUT2D eigenvalue weighted by Crippen LogP contribution is 2.35. The molecule has 2 rings (SSSR count). The number of halogens is 3. The zero-order valence-corrected chi connectivity index (χ0v) is 12.2. The second-order valence-electron chi connectivity index (χ2n) is 3.50. The fourth-order valence-electron chi connectivity index (χ4n) is 1.33. The molecule has 102 valence electrons. The van der Waals surface area contributed by atoms with Gasteiger partial charge in [-0.2, -0.15) is 5.10 Å². The normalized spacial score (nSPS) is 11.5. The first kappa shape index (κ1) is 14.3. The van der Waals surface area contributed by atoms with Crippen LogP contribution in [0.3, 0.4) is 0 Å². The largest absolute Gasteiger partial charge is 0.383 e. The number of aromatic amines is 1. The number of hydrogen-bond acceptors (Lipinski definition) is 4. The van der Waals surface area contributed by atoms with E-state index in [-0.39, 0.29) is 26.4 Å². The van der Waals surface area contributed by atoms with E-state index >= 15 is 0 Å². The minimum absolute atomic E-state index is 0.0216. The molecule has 0 bridgehead atoms. The Hall–Kier alpha value is -1.15. The van der Waals surface area contributed by atoms with E-state index in [2.05, 4.69) is 14.9 Å². The predicted molar refractivity (Wildman–Crippen MR) is 75.3 cm³/mol. The predicted octanol–water partition coefficient (Wildman–Crippen LogP) is 2.75. The van der Waals surface area contributed by atoms with Crippen molar-refractivity contribution in [3.8, 4) is 0 Å². The van der Waals surface area contributed by atoms with Gasteiger partial charge in [-0.1, -0.05) is 34.8 Å². The van der Waals surface area contributed by atoms with E-state index in [1.165, 1.54) is 12.1 Å². The van der Waals surface area contributed by atoms with Gasteiger partial charge in [-0.05, 0) is 12.1 Å². The second-order valence-corrected chi connectivity index (χ2v) is 6.40. The molecule has 0 spiro atoms. The smallest absolute Gasteiger partial charge is 0.267 e. The molecular weight excluding hydrogens is 335 g/mol. The summed E-state index contributed by atoms with van der Waals surface area (Å²) in [5, 5.41) is 6.29. The first-order chi connectivity index (χ1) is 8.81. The fraction of sp³-hybridized carbons (Fsp3) is 0. The minimum Gasteiger partial charge on any atom is -0.383 e. The molecule has 0 saturated heterocycles. The molecule has 19 heavy (non-hydrogen) atoms. The second kappa shape index (κ2) is 5.09. The summed E-state index contributed by atoms with van der Waals surface area (Å²) in [6.45, 7) is 0. The van der Waals surface area contributed by atoms with Crippen LogP contribution in [0.2, 0.25) is 15.1 Å². The van der Waals surface area contributed by atoms with Crippen molar-refractivity contribution >= 4 is 56.3 Å². The highest BCUT2D eigenvalue weighted by Gasteiger charge is 2.22. The van der Waals surface area contributed by atoms with E-state index in [0.29, 0.717) is 5.02 Å². The summed E-state index contributed by atoms with van der Waals surface area (Å²) in [7, 11) is -3.94. The van der Waals surface area contributed by atoms with Crippen molar-refractivity contribution in [1.82, 2.24) is 10.2 Å². The number of benzene rings is 1. The first-order valence-corrected chi connectivity index (χ1v) is 7.39. The average molecular weight is 342 g/mol. The van der Waals surface area contributed by atoms with Gasteiger partial charge in [-0.3, -0.25) is 9.82 Å². The Morgan fingerprint density at radius 3 is 2.26 bits per heavy atom. The molecule has 0 unspecified atom stereocenters. The van der Waals surface area contributed by atoms with E-state index in [0.717, 1.165) is 6.20 Å². The maximum absolute atomic E-state index is 12.1. The summed E-state index contributed by atoms with van der Waals surface area (Å²) in [6, 6.07) is 2.73. The molecule has 0 saturated carbocycles. The van der Waals surface area contributed by atoms with Crippen LogP contribution in [0.25, 0.3) is 0 Å². The fourth-order valence-corrected chi connectivity index (χ4v) is 3.48. The molecule has 2 aromatic rings. The van der Waals surface area contributed by atoms with Crippen LogP contribution in [-0.2, 0) is 10.0 Å². The van der Waals surface area contributed by atoms with Crippen molar-refractivity contribution in [2.45, 2.75) is 4.90 Å². The van der Waals surface area contributed by atoms with Gasteiger partial charge in [0.1, 0.15) is 10.7 Å². The zero-order chi connectivity index (χ0) is 14.2. The number of nitrogens with two attached hydrogens (primary N) is 1. The molecule has 0 amide bonds. The quantitative estimate of drug-likeness (QED) is 0.799. The van der Waals surface area contributed by atoms with Gasteiger partial charge in [-0.15, -0.1) is 0 Å². The third-order valence-electron chi connectivity index (χ3n) is 2.17. The van der Waals surface area contributed by atoms with Gasteiger partial charge in [0.05, 0.1) is 21.9 Å². The number of nitrogens with one attached hydrogen (secondary N) is 2. The third kappa shape index (κ3) is 2.89. The Kier molecular flexibility index (Phi) is 3.82. The standard InChI is InChI=1S/C9H7Cl3N4O2S/c10-4-1-5(11)8(6(12)2-4)16-19(17,18)7-3-14-15-9(7)13/h1-3,16H,(H3,13,14,15). The van der Waals surface area contributed by atoms with E-state index in [9.17, 15) is 8.42 Å². The first-order valence-electron chi connectivity index (χ1n) is 4.77. The maximum Gasteiger partial charge on any atom is 0.267 e. The van der Waals surface area contributed by atoms with E-state index in [1.807, 2.05) is 0 Å². The lowest BCUT2D eigenvalue weighted by molar-refractivity contribution is 0.601. The monoisotopic (exact) mass is 340 g/mol. The van der Waals surface area contributed by atoms with Crippen LogP contribution >= 0.6 is 34.8 Å². The molecule has 0 radical (unpaired) electrons. The molecule has 6 nitrogen and oxygen atoms in total. The molecule has 0 fully saturated rings. The highest BCUT2D eigenvalue weighted by molar-refractivity contribution is 7.92. The molecule has 4 N–H and O–H groups in total. The Bertz CT molecular complexity index is 706. The summed E-state index contributed by atoms with van der Waals surface area (Å²) in [4.78, 5) is -0.199. The number of nitrogens with zero attached hydrogens (tertiary/aromatic N) is 1. The maximum atomic E-state index is 12.1. The topological polar surface area (TPSA) is 101 Å². The van der Waals surface area contributed by atoms with Crippen molar-refractivity contribution in [3.05, 3.63) is 33.4 Å². The van der Waals surface area contributed by atoms with Crippen LogP contribution in [0.5, 0.6) is 0 Å². The number of aromatic nitrogens is 2. The Balaban J connectivity index is 2.45. The van der Waals surface area contributed by atoms with Crippen molar-refractivity contribution < 1.29 is 8.42 Å². The Morgan fingerprint density at radius 2 is 1.79 bits per heavy atom. The van der Waals surface area contributed by atoms with Crippen molar-refractivity contribution in [2.24, 2.45) is 0 Å². The van der Waals surface area contributed by atoms with E-state index in [1.54, 1.807) is 0 Å². The van der Waals surface area contributed by atoms with Gasteiger partial charge in [0.15, 0.2) is 0 Å². The van der Waals surface area contributed by atoms with Gasteiger partial charge < -0.3 is 5.73 Å². The van der Waals surface area contributed by atoms with Gasteiger partial charge in [-0.25, -0.2) is 8.42 Å². The number of hydrogen-bond donors (Lipinski definition) is 3. The summed E-state index contributed by atoms with van der Waals surface area (Å²) >= 11 is 17.5. The van der Waals surface area contributed by atoms with E-state index < -0.39 is 10.0 Å². The van der Waals surface area contributed by atoms with Gasteiger partial charge in [0.25, 0.3) is 10.0 Å². The van der Waals surface area contributed by atoms with Crippen LogP contribution in [0.4, 0.5) is 11.5 Å². The Labute approximate surface area is 123 Å². The number of sulfonamides is 1. The Morgan fingerprint density at radius 1 is 1.21 bits per heavy atom. The van der Waals surface area contributed by atoms with Gasteiger partial charge in [0, 0.05) is 5.02 Å². The molecule has 0 aliphatic heterocycles. The lowest BCUT2D eigenvalue weighted by atomic mass is 10.3. The SMILES string of the molecule is Nc1[nH]ncc1S(=O)(=O)Nc1c(Cl)cc(Cl)cc1Cl. The van der Waals surface area contributed by atoms with Gasteiger partial charge in [0.2, 0.25) is 0 Å². The molecule has 0 aliphatic rings. The van der Waals surface area contributed by atoms with Crippen LogP contribution in [0.15, 0.2) is 23.2 Å². The van der Waals surface area contributed by atoms with Crippen LogP contribution in [0.1, 0.15) is 0 Å². The van der Waals surface area contributed by atoms with Crippen LogP contribution in [-0.4, -0.2) is 18.6 Å². The van der Waals surface area contributed by atoms with Crippen LogP contribution < -0.4 is 10.5 Å². The van der Waals surface area contributed by atoms with Crippen LogP contribution in [0, 0.1) is 0 Å². The molecule has 0 aliphatic carbocycles. The summed E-state index contributed by atoms with van der Waals surface area (Å²) in [5.41, 5.74) is 5.48. The van der Waals surface area contributed by atoms with Crippen molar-refractivity contribution in [1.29, 1.82) is 0 Å². The lowest BCUT2D eigenvalue weighted by Crippen LogP contribution is -2.14. The highest BCUT2D eigenvalue weighted by atomic mass is 35.5. The summed E-state index contributed by atoms with van der Waals surface area (Å²) < 4.78 is 26.4. The molecule has 1 aromatic heterocycles. The number of nitrogen functional groups attached to an aromatic ring is 1. The molecule has 0 atom stereocenters. The minimum atomic E-state index is -3.94. The average Bonchev–Trinajstić information content (AvgIpc) is 2.70. The number of anilines is 2. The molecule has 1 heterocycles. The van der Waals surface area contributed by atoms with E-state index in [4.69, 9.17) is 40.5 Å². The van der Waals surface area contributed by atoms with Crippen molar-refractivity contribution in [3.63, 3.8) is 0 Å². The molecule has 10 heteroatoms. The summed E-state index contributed by atoms with van der Waals surface area (Å²) in [5.74, 6) is -0.0892.